The van der Waals surface area contributed by atoms with Crippen LogP contribution in [0.5, 0.6) is 0 Å². The third-order valence-corrected chi connectivity index (χ3v) is 1.83. The van der Waals surface area contributed by atoms with Gasteiger partial charge in [0.05, 0.1) is 0 Å². The summed E-state index contributed by atoms with van der Waals surface area (Å²) in [5.41, 5.74) is 0. The van der Waals surface area contributed by atoms with Gasteiger partial charge in [-0.1, -0.05) is 32.8 Å². The van der Waals surface area contributed by atoms with E-state index in [0.717, 1.165) is 6.54 Å². The van der Waals surface area contributed by atoms with Crippen LogP contribution in [0.25, 0.3) is 0 Å². The lowest BCUT2D eigenvalue weighted by atomic mass is 10.1. The van der Waals surface area contributed by atoms with Gasteiger partial charge in [-0.15, -0.1) is 6.58 Å². The van der Waals surface area contributed by atoms with Crippen molar-refractivity contribution in [3.63, 3.8) is 0 Å². The number of nitrogens with one attached hydrogen (secondary N) is 1. The second-order valence-electron chi connectivity index (χ2n) is 2.97. The molecule has 0 amide bonds. The lowest BCUT2D eigenvalue weighted by molar-refractivity contribution is 0.463. The van der Waals surface area contributed by atoms with E-state index < -0.39 is 0 Å². The first-order chi connectivity index (χ1) is 5.35. The van der Waals surface area contributed by atoms with Gasteiger partial charge in [0.25, 0.3) is 0 Å². The van der Waals surface area contributed by atoms with Gasteiger partial charge in [0.1, 0.15) is 0 Å². The molecule has 1 nitrogen and oxygen atoms in total. The highest BCUT2D eigenvalue weighted by atomic mass is 14.9. The third-order valence-electron chi connectivity index (χ3n) is 1.83. The van der Waals surface area contributed by atoms with Crippen molar-refractivity contribution in [2.45, 2.75) is 45.6 Å². The molecule has 0 spiro atoms. The van der Waals surface area contributed by atoms with Gasteiger partial charge in [-0.25, -0.2) is 0 Å². The molecule has 0 rings (SSSR count). The molecule has 0 aliphatic rings. The third kappa shape index (κ3) is 6.11. The molecule has 0 radical (unpaired) electrons. The minimum atomic E-state index is 0.711. The molecule has 66 valence electrons. The molecular formula is C10H21N. The van der Waals surface area contributed by atoms with Crippen molar-refractivity contribution in [1.29, 1.82) is 0 Å². The standard InChI is InChI=1S/C10H21N/c1-4-7-10(8-5-2)11-9-6-3/h6,10-11H,3-5,7-9H2,1-2H3. The van der Waals surface area contributed by atoms with Crippen molar-refractivity contribution >= 4 is 0 Å². The van der Waals surface area contributed by atoms with E-state index in [4.69, 9.17) is 0 Å². The average molecular weight is 155 g/mol. The Hall–Kier alpha value is -0.300. The lowest BCUT2D eigenvalue weighted by Gasteiger charge is -2.15. The molecule has 0 aromatic heterocycles. The SMILES string of the molecule is C=CCNC(CCC)CCC. The summed E-state index contributed by atoms with van der Waals surface area (Å²) in [7, 11) is 0. The number of hydrogen-bond donors (Lipinski definition) is 1. The zero-order chi connectivity index (χ0) is 8.53. The van der Waals surface area contributed by atoms with Crippen LogP contribution in [-0.2, 0) is 0 Å². The Morgan fingerprint density at radius 2 is 1.82 bits per heavy atom. The van der Waals surface area contributed by atoms with Crippen LogP contribution in [0.2, 0.25) is 0 Å². The quantitative estimate of drug-likeness (QED) is 0.557. The summed E-state index contributed by atoms with van der Waals surface area (Å²) >= 11 is 0. The Morgan fingerprint density at radius 3 is 2.18 bits per heavy atom. The van der Waals surface area contributed by atoms with Gasteiger partial charge in [0, 0.05) is 12.6 Å². The van der Waals surface area contributed by atoms with E-state index in [-0.39, 0.29) is 0 Å². The monoisotopic (exact) mass is 155 g/mol. The minimum absolute atomic E-state index is 0.711. The zero-order valence-electron chi connectivity index (χ0n) is 7.90. The average Bonchev–Trinajstić information content (AvgIpc) is 2.01. The van der Waals surface area contributed by atoms with Crippen LogP contribution < -0.4 is 5.32 Å². The molecule has 0 unspecified atom stereocenters. The predicted molar refractivity (Wildman–Crippen MR) is 51.8 cm³/mol. The summed E-state index contributed by atoms with van der Waals surface area (Å²) in [4.78, 5) is 0. The van der Waals surface area contributed by atoms with E-state index in [2.05, 4.69) is 25.7 Å². The van der Waals surface area contributed by atoms with E-state index in [9.17, 15) is 0 Å². The van der Waals surface area contributed by atoms with Gasteiger partial charge < -0.3 is 5.32 Å². The van der Waals surface area contributed by atoms with Gasteiger partial charge in [-0.3, -0.25) is 0 Å². The predicted octanol–water partition coefficient (Wildman–Crippen LogP) is 2.73. The topological polar surface area (TPSA) is 12.0 Å². The van der Waals surface area contributed by atoms with Gasteiger partial charge in [0.15, 0.2) is 0 Å². The number of hydrogen-bond acceptors (Lipinski definition) is 1. The molecule has 0 fully saturated rings. The first-order valence-electron chi connectivity index (χ1n) is 4.69. The highest BCUT2D eigenvalue weighted by molar-refractivity contribution is 4.74. The first-order valence-corrected chi connectivity index (χ1v) is 4.69. The van der Waals surface area contributed by atoms with Crippen LogP contribution in [0.15, 0.2) is 12.7 Å². The molecular weight excluding hydrogens is 134 g/mol. The fourth-order valence-electron chi connectivity index (χ4n) is 1.30. The maximum Gasteiger partial charge on any atom is 0.0134 e. The fourth-order valence-corrected chi connectivity index (χ4v) is 1.30. The van der Waals surface area contributed by atoms with E-state index in [1.54, 1.807) is 0 Å². The minimum Gasteiger partial charge on any atom is -0.311 e. The second-order valence-corrected chi connectivity index (χ2v) is 2.97. The molecule has 1 heteroatoms. The molecule has 0 bridgehead atoms. The Morgan fingerprint density at radius 1 is 1.27 bits per heavy atom. The van der Waals surface area contributed by atoms with Crippen molar-refractivity contribution < 1.29 is 0 Å². The van der Waals surface area contributed by atoms with Crippen LogP contribution in [0.1, 0.15) is 39.5 Å². The maximum atomic E-state index is 3.69. The summed E-state index contributed by atoms with van der Waals surface area (Å²) in [6.07, 6.45) is 7.06. The molecule has 0 aliphatic carbocycles. The molecule has 0 heterocycles. The summed E-state index contributed by atoms with van der Waals surface area (Å²) in [6.45, 7) is 9.11. The molecule has 1 N–H and O–H groups in total. The first kappa shape index (κ1) is 10.7. The summed E-state index contributed by atoms with van der Waals surface area (Å²) < 4.78 is 0. The Kier molecular flexibility index (Phi) is 7.59. The summed E-state index contributed by atoms with van der Waals surface area (Å²) in [5, 5.41) is 3.45. The second kappa shape index (κ2) is 7.80. The molecule has 0 saturated heterocycles. The highest BCUT2D eigenvalue weighted by Crippen LogP contribution is 2.03. The summed E-state index contributed by atoms with van der Waals surface area (Å²) in [6, 6.07) is 0.711. The van der Waals surface area contributed by atoms with E-state index in [1.165, 1.54) is 25.7 Å². The Bertz CT molecular complexity index is 82.9. The lowest BCUT2D eigenvalue weighted by Crippen LogP contribution is -2.28. The van der Waals surface area contributed by atoms with Crippen molar-refractivity contribution in [2.24, 2.45) is 0 Å². The van der Waals surface area contributed by atoms with Crippen molar-refractivity contribution in [2.75, 3.05) is 6.54 Å². The van der Waals surface area contributed by atoms with Crippen molar-refractivity contribution in [3.05, 3.63) is 12.7 Å². The van der Waals surface area contributed by atoms with Crippen molar-refractivity contribution in [1.82, 2.24) is 5.32 Å². The summed E-state index contributed by atoms with van der Waals surface area (Å²) in [5.74, 6) is 0. The zero-order valence-corrected chi connectivity index (χ0v) is 7.90. The highest BCUT2D eigenvalue weighted by Gasteiger charge is 2.02. The molecule has 0 aromatic rings. The van der Waals surface area contributed by atoms with Crippen LogP contribution in [-0.4, -0.2) is 12.6 Å². The van der Waals surface area contributed by atoms with Gasteiger partial charge >= 0.3 is 0 Å². The Balaban J connectivity index is 3.41. The van der Waals surface area contributed by atoms with E-state index in [0.29, 0.717) is 6.04 Å². The van der Waals surface area contributed by atoms with Crippen molar-refractivity contribution in [3.8, 4) is 0 Å². The largest absolute Gasteiger partial charge is 0.311 e. The van der Waals surface area contributed by atoms with Crippen LogP contribution in [0.3, 0.4) is 0 Å². The maximum absolute atomic E-state index is 3.69. The fraction of sp³-hybridized carbons (Fsp3) is 0.800. The molecule has 0 aliphatic heterocycles. The van der Waals surface area contributed by atoms with Crippen LogP contribution >= 0.6 is 0 Å². The molecule has 0 atom stereocenters. The van der Waals surface area contributed by atoms with Gasteiger partial charge in [-0.05, 0) is 12.8 Å². The van der Waals surface area contributed by atoms with Crippen LogP contribution in [0, 0.1) is 0 Å². The van der Waals surface area contributed by atoms with Crippen LogP contribution in [0.4, 0.5) is 0 Å². The van der Waals surface area contributed by atoms with Gasteiger partial charge in [0.2, 0.25) is 0 Å². The smallest absolute Gasteiger partial charge is 0.0134 e. The molecule has 0 saturated carbocycles. The number of rotatable bonds is 7. The molecule has 11 heavy (non-hydrogen) atoms. The van der Waals surface area contributed by atoms with E-state index >= 15 is 0 Å². The Labute approximate surface area is 70.9 Å². The van der Waals surface area contributed by atoms with E-state index in [1.807, 2.05) is 6.08 Å². The molecule has 0 aromatic carbocycles. The van der Waals surface area contributed by atoms with Gasteiger partial charge in [-0.2, -0.15) is 0 Å². The normalized spacial score (nSPS) is 10.5.